The van der Waals surface area contributed by atoms with Gasteiger partial charge in [-0.2, -0.15) is 0 Å². The summed E-state index contributed by atoms with van der Waals surface area (Å²) in [6.07, 6.45) is 24.1. The maximum atomic E-state index is 12.4. The van der Waals surface area contributed by atoms with Crippen LogP contribution in [0.25, 0.3) is 0 Å². The number of hydrogen-bond donors (Lipinski definition) is 0. The number of ether oxygens (including phenoxy) is 2. The number of rotatable bonds is 25. The fourth-order valence-electron chi connectivity index (χ4n) is 3.21. The van der Waals surface area contributed by atoms with Crippen LogP contribution in [0.2, 0.25) is 0 Å². The molecule has 0 fully saturated rings. The lowest BCUT2D eigenvalue weighted by Crippen LogP contribution is -2.37. The largest absolute Gasteiger partial charge is 0.756 e. The molecule has 0 heterocycles. The third-order valence-electron chi connectivity index (χ3n) is 5.61. The van der Waals surface area contributed by atoms with E-state index < -0.39 is 32.5 Å². The number of likely N-dealkylation sites (N-methyl/N-ethyl adjacent to an activating group) is 1. The molecule has 0 saturated carbocycles. The molecule has 9 nitrogen and oxygen atoms in total. The van der Waals surface area contributed by atoms with Gasteiger partial charge in [-0.05, 0) is 51.4 Å². The quantitative estimate of drug-likeness (QED) is 0.0401. The average Bonchev–Trinajstić information content (AvgIpc) is 2.90. The van der Waals surface area contributed by atoms with Crippen LogP contribution in [-0.2, 0) is 32.7 Å². The van der Waals surface area contributed by atoms with E-state index in [-0.39, 0.29) is 26.1 Å². The first-order chi connectivity index (χ1) is 19.5. The van der Waals surface area contributed by atoms with Crippen molar-refractivity contribution in [1.82, 2.24) is 0 Å². The first-order valence-electron chi connectivity index (χ1n) is 14.8. The lowest BCUT2D eigenvalue weighted by molar-refractivity contribution is -0.870. The molecule has 0 aliphatic carbocycles. The molecule has 0 spiro atoms. The second kappa shape index (κ2) is 24.6. The molecule has 0 aromatic rings. The van der Waals surface area contributed by atoms with Gasteiger partial charge in [-0.3, -0.25) is 14.2 Å². The van der Waals surface area contributed by atoms with Crippen LogP contribution in [-0.4, -0.2) is 70.0 Å². The molecule has 0 rings (SSSR count). The minimum Gasteiger partial charge on any atom is -0.756 e. The van der Waals surface area contributed by atoms with Crippen molar-refractivity contribution < 1.29 is 42.1 Å². The highest BCUT2D eigenvalue weighted by molar-refractivity contribution is 7.45. The van der Waals surface area contributed by atoms with Gasteiger partial charge in [-0.1, -0.05) is 68.9 Å². The summed E-state index contributed by atoms with van der Waals surface area (Å²) in [5.74, 6) is -0.935. The summed E-state index contributed by atoms with van der Waals surface area (Å²) < 4.78 is 33.0. The zero-order valence-corrected chi connectivity index (χ0v) is 26.9. The van der Waals surface area contributed by atoms with Gasteiger partial charge >= 0.3 is 11.9 Å². The molecule has 0 aliphatic rings. The summed E-state index contributed by atoms with van der Waals surface area (Å²) >= 11 is 0. The molecule has 0 aromatic carbocycles. The summed E-state index contributed by atoms with van der Waals surface area (Å²) in [5, 5.41) is 0. The predicted octanol–water partition coefficient (Wildman–Crippen LogP) is 6.20. The minimum absolute atomic E-state index is 0.0417. The third-order valence-corrected chi connectivity index (χ3v) is 6.58. The van der Waals surface area contributed by atoms with E-state index in [2.05, 4.69) is 55.5 Å². The molecule has 0 amide bonds. The molecule has 0 aromatic heterocycles. The number of nitrogens with zero attached hydrogens (tertiary/aromatic N) is 1. The molecule has 10 heteroatoms. The smallest absolute Gasteiger partial charge is 0.306 e. The summed E-state index contributed by atoms with van der Waals surface area (Å²) in [6.45, 7) is 3.73. The Bertz CT molecular complexity index is 861. The van der Waals surface area contributed by atoms with Crippen molar-refractivity contribution in [3.8, 4) is 0 Å². The Morgan fingerprint density at radius 2 is 1.37 bits per heavy atom. The van der Waals surface area contributed by atoms with Gasteiger partial charge in [0, 0.05) is 12.8 Å². The first-order valence-corrected chi connectivity index (χ1v) is 16.3. The van der Waals surface area contributed by atoms with Crippen LogP contribution >= 0.6 is 7.82 Å². The van der Waals surface area contributed by atoms with E-state index in [0.717, 1.165) is 44.9 Å². The van der Waals surface area contributed by atoms with Crippen LogP contribution in [0.4, 0.5) is 0 Å². The first kappa shape index (κ1) is 39.0. The van der Waals surface area contributed by atoms with Crippen LogP contribution < -0.4 is 4.89 Å². The maximum Gasteiger partial charge on any atom is 0.306 e. The molecular formula is C31H54NO8P. The lowest BCUT2D eigenvalue weighted by atomic mass is 10.2. The number of phosphoric ester groups is 1. The van der Waals surface area contributed by atoms with Gasteiger partial charge in [0.2, 0.25) is 0 Å². The van der Waals surface area contributed by atoms with Gasteiger partial charge in [-0.15, -0.1) is 0 Å². The summed E-state index contributed by atoms with van der Waals surface area (Å²) in [4.78, 5) is 36.4. The zero-order valence-electron chi connectivity index (χ0n) is 26.0. The summed E-state index contributed by atoms with van der Waals surface area (Å²) in [7, 11) is 1.12. The number of quaternary nitrogens is 1. The van der Waals surface area contributed by atoms with E-state index in [1.807, 2.05) is 28.1 Å². The molecular weight excluding hydrogens is 545 g/mol. The number of hydrogen-bond acceptors (Lipinski definition) is 8. The van der Waals surface area contributed by atoms with Gasteiger partial charge in [-0.25, -0.2) is 0 Å². The van der Waals surface area contributed by atoms with Gasteiger partial charge < -0.3 is 27.9 Å². The Labute approximate surface area is 248 Å². The predicted molar refractivity (Wildman–Crippen MR) is 162 cm³/mol. The summed E-state index contributed by atoms with van der Waals surface area (Å²) in [5.41, 5.74) is 0. The molecule has 2 atom stereocenters. The Hall–Kier alpha value is -2.03. The number of carbonyl (C=O) groups is 2. The van der Waals surface area contributed by atoms with E-state index >= 15 is 0 Å². The Balaban J connectivity index is 4.44. The maximum absolute atomic E-state index is 12.4. The number of phosphoric acid groups is 1. The highest BCUT2D eigenvalue weighted by Gasteiger charge is 2.21. The molecule has 41 heavy (non-hydrogen) atoms. The Kier molecular flexibility index (Phi) is 23.3. The lowest BCUT2D eigenvalue weighted by Gasteiger charge is -2.28. The van der Waals surface area contributed by atoms with Crippen molar-refractivity contribution in [3.05, 3.63) is 48.6 Å². The van der Waals surface area contributed by atoms with Crippen molar-refractivity contribution in [2.24, 2.45) is 0 Å². The monoisotopic (exact) mass is 599 g/mol. The van der Waals surface area contributed by atoms with Crippen LogP contribution in [0.1, 0.15) is 84.5 Å². The topological polar surface area (TPSA) is 111 Å². The van der Waals surface area contributed by atoms with Gasteiger partial charge in [0.15, 0.2) is 6.10 Å². The van der Waals surface area contributed by atoms with E-state index in [4.69, 9.17) is 18.5 Å². The van der Waals surface area contributed by atoms with Crippen LogP contribution in [0.3, 0.4) is 0 Å². The molecule has 0 bridgehead atoms. The number of allylic oxidation sites excluding steroid dienone is 8. The fraction of sp³-hybridized carbons (Fsp3) is 0.677. The van der Waals surface area contributed by atoms with Crippen LogP contribution in [0.5, 0.6) is 0 Å². The average molecular weight is 600 g/mol. The van der Waals surface area contributed by atoms with Gasteiger partial charge in [0.25, 0.3) is 7.82 Å². The van der Waals surface area contributed by atoms with Crippen LogP contribution in [0.15, 0.2) is 48.6 Å². The number of esters is 2. The van der Waals surface area contributed by atoms with Crippen molar-refractivity contribution in [2.75, 3.05) is 47.5 Å². The van der Waals surface area contributed by atoms with E-state index in [9.17, 15) is 19.0 Å². The Morgan fingerprint density at radius 3 is 1.95 bits per heavy atom. The van der Waals surface area contributed by atoms with Crippen molar-refractivity contribution in [3.63, 3.8) is 0 Å². The van der Waals surface area contributed by atoms with Crippen LogP contribution in [0, 0.1) is 0 Å². The zero-order chi connectivity index (χ0) is 30.8. The Morgan fingerprint density at radius 1 is 0.780 bits per heavy atom. The molecule has 0 saturated heterocycles. The number of carbonyl (C=O) groups excluding carboxylic acids is 2. The SMILES string of the molecule is CC/C=C\C/C=C\C/C=C\C/C=C\CCCCC(=O)OC(COC(=O)CCCC)COP(=O)([O-])OCC[N+](C)(C)C. The second-order valence-corrected chi connectivity index (χ2v) is 12.1. The van der Waals surface area contributed by atoms with E-state index in [1.165, 1.54) is 0 Å². The van der Waals surface area contributed by atoms with Crippen molar-refractivity contribution in [1.29, 1.82) is 0 Å². The molecule has 236 valence electrons. The van der Waals surface area contributed by atoms with E-state index in [1.54, 1.807) is 0 Å². The van der Waals surface area contributed by atoms with Crippen molar-refractivity contribution >= 4 is 19.8 Å². The molecule has 0 radical (unpaired) electrons. The van der Waals surface area contributed by atoms with Gasteiger partial charge in [0.1, 0.15) is 19.8 Å². The van der Waals surface area contributed by atoms with Crippen molar-refractivity contribution in [2.45, 2.75) is 90.6 Å². The summed E-state index contributed by atoms with van der Waals surface area (Å²) in [6, 6.07) is 0. The molecule has 2 unspecified atom stereocenters. The highest BCUT2D eigenvalue weighted by atomic mass is 31.2. The van der Waals surface area contributed by atoms with E-state index in [0.29, 0.717) is 23.9 Å². The molecule has 0 aliphatic heterocycles. The molecule has 0 N–H and O–H groups in total. The third kappa shape index (κ3) is 27.9. The fourth-order valence-corrected chi connectivity index (χ4v) is 3.94. The number of unbranched alkanes of at least 4 members (excludes halogenated alkanes) is 3. The standard InChI is InChI=1S/C31H54NO8P/c1-6-8-10-11-12-13-14-15-16-17-18-19-20-21-22-24-31(34)40-29(27-37-30(33)23-9-7-2)28-39-41(35,36)38-26-25-32(3,4)5/h8,10,12-13,15-16,18-19,29H,6-7,9,11,14,17,20-28H2,1-5H3/b10-8-,13-12-,16-15-,19-18-. The van der Waals surface area contributed by atoms with Gasteiger partial charge in [0.05, 0.1) is 27.7 Å². The normalized spacial score (nSPS) is 14.8. The minimum atomic E-state index is -4.60. The highest BCUT2D eigenvalue weighted by Crippen LogP contribution is 2.38. The second-order valence-electron chi connectivity index (χ2n) is 10.7.